The second kappa shape index (κ2) is 3.69. The van der Waals surface area contributed by atoms with Crippen LogP contribution in [0.1, 0.15) is 39.0 Å². The Labute approximate surface area is 80.3 Å². The quantitative estimate of drug-likeness (QED) is 0.638. The topological polar surface area (TPSA) is 20.3 Å². The first-order valence-corrected chi connectivity index (χ1v) is 5.51. The van der Waals surface area contributed by atoms with Crippen molar-refractivity contribution in [3.8, 4) is 0 Å². The molecule has 74 valence electrons. The number of likely N-dealkylation sites (tertiary alicyclic amines) is 1. The predicted octanol–water partition coefficient (Wildman–Crippen LogP) is 2.04. The molecule has 0 unspecified atom stereocenters. The summed E-state index contributed by atoms with van der Waals surface area (Å²) in [4.78, 5) is 13.1. The van der Waals surface area contributed by atoms with Gasteiger partial charge in [-0.25, -0.2) is 0 Å². The Morgan fingerprint density at radius 2 is 1.69 bits per heavy atom. The summed E-state index contributed by atoms with van der Waals surface area (Å²) in [6.45, 7) is 3.70. The molecule has 0 bridgehead atoms. The van der Waals surface area contributed by atoms with Crippen LogP contribution in [-0.4, -0.2) is 23.9 Å². The zero-order chi connectivity index (χ0) is 9.26. The monoisotopic (exact) mass is 181 g/mol. The third-order valence-electron chi connectivity index (χ3n) is 3.42. The standard InChI is InChI=1S/C11H19NO/c1-9(13)12-6-4-11(5-7-12)8-10-2-3-10/h10-11H,2-8H2,1H3. The Balaban J connectivity index is 1.71. The number of amides is 1. The molecule has 0 aromatic heterocycles. The van der Waals surface area contributed by atoms with Gasteiger partial charge in [0.05, 0.1) is 0 Å². The van der Waals surface area contributed by atoms with Crippen LogP contribution in [0.15, 0.2) is 0 Å². The first-order valence-electron chi connectivity index (χ1n) is 5.51. The highest BCUT2D eigenvalue weighted by molar-refractivity contribution is 5.73. The molecule has 2 aliphatic rings. The Kier molecular flexibility index (Phi) is 2.56. The SMILES string of the molecule is CC(=O)N1CCC(CC2CC2)CC1. The Bertz CT molecular complexity index is 190. The average molecular weight is 181 g/mol. The molecule has 1 amide bonds. The fourth-order valence-electron chi connectivity index (χ4n) is 2.31. The summed E-state index contributed by atoms with van der Waals surface area (Å²) in [7, 11) is 0. The van der Waals surface area contributed by atoms with Crippen LogP contribution in [0.3, 0.4) is 0 Å². The van der Waals surface area contributed by atoms with E-state index in [4.69, 9.17) is 0 Å². The van der Waals surface area contributed by atoms with E-state index in [1.807, 2.05) is 4.90 Å². The van der Waals surface area contributed by atoms with Gasteiger partial charge in [-0.2, -0.15) is 0 Å². The molecule has 1 saturated heterocycles. The summed E-state index contributed by atoms with van der Waals surface area (Å²) >= 11 is 0. The lowest BCUT2D eigenvalue weighted by Gasteiger charge is -2.31. The summed E-state index contributed by atoms with van der Waals surface area (Å²) in [6.07, 6.45) is 6.86. The van der Waals surface area contributed by atoms with Gasteiger partial charge in [-0.05, 0) is 31.1 Å². The summed E-state index contributed by atoms with van der Waals surface area (Å²) < 4.78 is 0. The molecule has 1 saturated carbocycles. The zero-order valence-corrected chi connectivity index (χ0v) is 8.46. The minimum absolute atomic E-state index is 0.255. The van der Waals surface area contributed by atoms with Crippen molar-refractivity contribution >= 4 is 5.91 Å². The highest BCUT2D eigenvalue weighted by Crippen LogP contribution is 2.38. The van der Waals surface area contributed by atoms with Crippen LogP contribution in [0, 0.1) is 11.8 Å². The molecule has 2 fully saturated rings. The first kappa shape index (κ1) is 9.04. The van der Waals surface area contributed by atoms with Crippen molar-refractivity contribution in [1.82, 2.24) is 4.90 Å². The van der Waals surface area contributed by atoms with Gasteiger partial charge in [-0.1, -0.05) is 12.8 Å². The van der Waals surface area contributed by atoms with Crippen molar-refractivity contribution in [3.63, 3.8) is 0 Å². The Morgan fingerprint density at radius 3 is 2.15 bits per heavy atom. The van der Waals surface area contributed by atoms with E-state index in [1.165, 1.54) is 32.1 Å². The van der Waals surface area contributed by atoms with Gasteiger partial charge in [0.2, 0.25) is 5.91 Å². The lowest BCUT2D eigenvalue weighted by molar-refractivity contribution is -0.130. The second-order valence-corrected chi connectivity index (χ2v) is 4.63. The fraction of sp³-hybridized carbons (Fsp3) is 0.909. The number of nitrogens with zero attached hydrogens (tertiary/aromatic N) is 1. The average Bonchev–Trinajstić information content (AvgIpc) is 2.89. The molecule has 13 heavy (non-hydrogen) atoms. The van der Waals surface area contributed by atoms with E-state index >= 15 is 0 Å². The largest absolute Gasteiger partial charge is 0.343 e. The number of hydrogen-bond donors (Lipinski definition) is 0. The van der Waals surface area contributed by atoms with Gasteiger partial charge in [0, 0.05) is 20.0 Å². The van der Waals surface area contributed by atoms with Crippen LogP contribution >= 0.6 is 0 Å². The second-order valence-electron chi connectivity index (χ2n) is 4.63. The molecule has 0 aromatic carbocycles. The van der Waals surface area contributed by atoms with Crippen molar-refractivity contribution in [3.05, 3.63) is 0 Å². The molecule has 2 heteroatoms. The Hall–Kier alpha value is -0.530. The lowest BCUT2D eigenvalue weighted by atomic mass is 9.91. The molecule has 1 heterocycles. The summed E-state index contributed by atoms with van der Waals surface area (Å²) in [6, 6.07) is 0. The van der Waals surface area contributed by atoms with Gasteiger partial charge in [-0.3, -0.25) is 4.79 Å². The van der Waals surface area contributed by atoms with Crippen LogP contribution in [0.4, 0.5) is 0 Å². The minimum atomic E-state index is 0.255. The molecule has 1 aliphatic heterocycles. The van der Waals surface area contributed by atoms with E-state index in [1.54, 1.807) is 6.92 Å². The van der Waals surface area contributed by atoms with Crippen molar-refractivity contribution in [2.24, 2.45) is 11.8 Å². The van der Waals surface area contributed by atoms with Gasteiger partial charge >= 0.3 is 0 Å². The van der Waals surface area contributed by atoms with Gasteiger partial charge in [0.1, 0.15) is 0 Å². The lowest BCUT2D eigenvalue weighted by Crippen LogP contribution is -2.37. The van der Waals surface area contributed by atoms with Crippen LogP contribution in [0.5, 0.6) is 0 Å². The summed E-state index contributed by atoms with van der Waals surface area (Å²) in [5.41, 5.74) is 0. The molecular formula is C11H19NO. The highest BCUT2D eigenvalue weighted by atomic mass is 16.2. The maximum atomic E-state index is 11.1. The van der Waals surface area contributed by atoms with E-state index < -0.39 is 0 Å². The number of rotatable bonds is 2. The van der Waals surface area contributed by atoms with Crippen molar-refractivity contribution in [2.45, 2.75) is 39.0 Å². The van der Waals surface area contributed by atoms with Gasteiger partial charge in [-0.15, -0.1) is 0 Å². The number of carbonyl (C=O) groups excluding carboxylic acids is 1. The van der Waals surface area contributed by atoms with Crippen LogP contribution in [-0.2, 0) is 4.79 Å². The molecular weight excluding hydrogens is 162 g/mol. The Morgan fingerprint density at radius 1 is 1.15 bits per heavy atom. The normalized spacial score (nSPS) is 24.8. The van der Waals surface area contributed by atoms with E-state index in [0.717, 1.165) is 24.9 Å². The van der Waals surface area contributed by atoms with Gasteiger partial charge < -0.3 is 4.90 Å². The van der Waals surface area contributed by atoms with E-state index in [9.17, 15) is 4.79 Å². The molecule has 0 spiro atoms. The van der Waals surface area contributed by atoms with Crippen molar-refractivity contribution < 1.29 is 4.79 Å². The zero-order valence-electron chi connectivity index (χ0n) is 8.46. The summed E-state index contributed by atoms with van der Waals surface area (Å²) in [5, 5.41) is 0. The van der Waals surface area contributed by atoms with Crippen LogP contribution in [0.2, 0.25) is 0 Å². The van der Waals surface area contributed by atoms with Crippen molar-refractivity contribution in [1.29, 1.82) is 0 Å². The molecule has 2 nitrogen and oxygen atoms in total. The number of piperidine rings is 1. The fourth-order valence-corrected chi connectivity index (χ4v) is 2.31. The van der Waals surface area contributed by atoms with Crippen LogP contribution in [0.25, 0.3) is 0 Å². The van der Waals surface area contributed by atoms with Crippen LogP contribution < -0.4 is 0 Å². The predicted molar refractivity (Wildman–Crippen MR) is 52.3 cm³/mol. The molecule has 1 aliphatic carbocycles. The third-order valence-corrected chi connectivity index (χ3v) is 3.42. The molecule has 0 radical (unpaired) electrons. The van der Waals surface area contributed by atoms with E-state index in [-0.39, 0.29) is 5.91 Å². The summed E-state index contributed by atoms with van der Waals surface area (Å²) in [5.74, 6) is 2.22. The smallest absolute Gasteiger partial charge is 0.219 e. The molecule has 0 aromatic rings. The maximum Gasteiger partial charge on any atom is 0.219 e. The molecule has 0 atom stereocenters. The third kappa shape index (κ3) is 2.45. The minimum Gasteiger partial charge on any atom is -0.343 e. The van der Waals surface area contributed by atoms with Gasteiger partial charge in [0.25, 0.3) is 0 Å². The number of hydrogen-bond acceptors (Lipinski definition) is 1. The number of carbonyl (C=O) groups is 1. The highest BCUT2D eigenvalue weighted by Gasteiger charge is 2.28. The first-order chi connectivity index (χ1) is 6.25. The van der Waals surface area contributed by atoms with Gasteiger partial charge in [0.15, 0.2) is 0 Å². The van der Waals surface area contributed by atoms with E-state index in [0.29, 0.717) is 0 Å². The maximum absolute atomic E-state index is 11.1. The molecule has 2 rings (SSSR count). The van der Waals surface area contributed by atoms with E-state index in [2.05, 4.69) is 0 Å². The van der Waals surface area contributed by atoms with Crippen molar-refractivity contribution in [2.75, 3.05) is 13.1 Å². The molecule has 0 N–H and O–H groups in total.